The zero-order valence-electron chi connectivity index (χ0n) is 12.6. The van der Waals surface area contributed by atoms with E-state index in [9.17, 15) is 0 Å². The summed E-state index contributed by atoms with van der Waals surface area (Å²) in [5.41, 5.74) is 2.29. The van der Waals surface area contributed by atoms with E-state index in [1.807, 2.05) is 50.3 Å². The predicted molar refractivity (Wildman–Crippen MR) is 84.1 cm³/mol. The molecule has 1 aliphatic heterocycles. The molecule has 1 aromatic heterocycles. The van der Waals surface area contributed by atoms with Gasteiger partial charge in [-0.15, -0.1) is 0 Å². The number of para-hydroxylation sites is 1. The van der Waals surface area contributed by atoms with Crippen LogP contribution in [0.2, 0.25) is 0 Å². The van der Waals surface area contributed by atoms with Gasteiger partial charge in [-0.25, -0.2) is 4.98 Å². The highest BCUT2D eigenvalue weighted by Crippen LogP contribution is 2.25. The zero-order chi connectivity index (χ0) is 14.8. The van der Waals surface area contributed by atoms with Gasteiger partial charge in [0.15, 0.2) is 0 Å². The molecule has 0 saturated heterocycles. The number of nitrogens with one attached hydrogen (secondary N) is 1. The maximum Gasteiger partial charge on any atom is 0.224 e. The SMILES string of the molecule is Cc1cnc(NC2COc3ccccc3C2)nc1N(C)C. The third-order valence-electron chi connectivity index (χ3n) is 3.58. The zero-order valence-corrected chi connectivity index (χ0v) is 12.6. The smallest absolute Gasteiger partial charge is 0.224 e. The summed E-state index contributed by atoms with van der Waals surface area (Å²) in [6.07, 6.45) is 2.77. The quantitative estimate of drug-likeness (QED) is 0.937. The van der Waals surface area contributed by atoms with Crippen molar-refractivity contribution in [1.29, 1.82) is 0 Å². The van der Waals surface area contributed by atoms with Crippen LogP contribution in [0.3, 0.4) is 0 Å². The van der Waals surface area contributed by atoms with E-state index in [0.29, 0.717) is 12.6 Å². The first-order valence-electron chi connectivity index (χ1n) is 7.11. The van der Waals surface area contributed by atoms with Gasteiger partial charge in [0.05, 0.1) is 6.04 Å². The van der Waals surface area contributed by atoms with Gasteiger partial charge < -0.3 is 15.0 Å². The van der Waals surface area contributed by atoms with E-state index in [1.165, 1.54) is 5.56 Å². The Morgan fingerprint density at radius 2 is 2.10 bits per heavy atom. The number of ether oxygens (including phenoxy) is 1. The van der Waals surface area contributed by atoms with Crippen molar-refractivity contribution in [2.75, 3.05) is 30.9 Å². The number of aryl methyl sites for hydroxylation is 1. The van der Waals surface area contributed by atoms with Crippen LogP contribution < -0.4 is 15.0 Å². The van der Waals surface area contributed by atoms with Crippen LogP contribution in [0.4, 0.5) is 11.8 Å². The molecule has 5 nitrogen and oxygen atoms in total. The van der Waals surface area contributed by atoms with Crippen LogP contribution in [0.25, 0.3) is 0 Å². The van der Waals surface area contributed by atoms with Gasteiger partial charge in [-0.05, 0) is 25.0 Å². The average Bonchev–Trinajstić information content (AvgIpc) is 2.49. The molecule has 2 aromatic rings. The summed E-state index contributed by atoms with van der Waals surface area (Å²) in [4.78, 5) is 10.9. The first-order chi connectivity index (χ1) is 10.1. The Kier molecular flexibility index (Phi) is 3.64. The molecule has 1 unspecified atom stereocenters. The topological polar surface area (TPSA) is 50.3 Å². The fourth-order valence-electron chi connectivity index (χ4n) is 2.56. The second-order valence-electron chi connectivity index (χ2n) is 5.56. The number of hydrogen-bond acceptors (Lipinski definition) is 5. The van der Waals surface area contributed by atoms with Crippen LogP contribution >= 0.6 is 0 Å². The molecule has 0 spiro atoms. The molecule has 0 fully saturated rings. The minimum absolute atomic E-state index is 0.192. The first kappa shape index (κ1) is 13.7. The van der Waals surface area contributed by atoms with Crippen LogP contribution in [0.15, 0.2) is 30.5 Å². The van der Waals surface area contributed by atoms with Crippen LogP contribution in [-0.2, 0) is 6.42 Å². The van der Waals surface area contributed by atoms with Gasteiger partial charge in [0.25, 0.3) is 0 Å². The van der Waals surface area contributed by atoms with Crippen molar-refractivity contribution in [3.63, 3.8) is 0 Å². The summed E-state index contributed by atoms with van der Waals surface area (Å²) in [5, 5.41) is 3.37. The molecule has 1 atom stereocenters. The Hall–Kier alpha value is -2.30. The third kappa shape index (κ3) is 2.91. The van der Waals surface area contributed by atoms with Crippen molar-refractivity contribution in [2.24, 2.45) is 0 Å². The normalized spacial score (nSPS) is 16.8. The molecule has 0 bridgehead atoms. The highest BCUT2D eigenvalue weighted by molar-refractivity contribution is 5.48. The second-order valence-corrected chi connectivity index (χ2v) is 5.56. The Balaban J connectivity index is 1.75. The molecule has 1 aliphatic rings. The first-order valence-corrected chi connectivity index (χ1v) is 7.11. The van der Waals surface area contributed by atoms with Gasteiger partial charge in [0, 0.05) is 25.9 Å². The summed E-state index contributed by atoms with van der Waals surface area (Å²) < 4.78 is 5.78. The molecule has 5 heteroatoms. The number of anilines is 2. The largest absolute Gasteiger partial charge is 0.491 e. The predicted octanol–water partition coefficient (Wildman–Crippen LogP) is 2.27. The van der Waals surface area contributed by atoms with Gasteiger partial charge in [0.2, 0.25) is 5.95 Å². The fourth-order valence-corrected chi connectivity index (χ4v) is 2.56. The minimum atomic E-state index is 0.192. The summed E-state index contributed by atoms with van der Waals surface area (Å²) in [7, 11) is 3.97. The molecule has 0 amide bonds. The number of rotatable bonds is 3. The van der Waals surface area contributed by atoms with E-state index in [4.69, 9.17) is 4.74 Å². The van der Waals surface area contributed by atoms with Crippen molar-refractivity contribution < 1.29 is 4.74 Å². The van der Waals surface area contributed by atoms with Crippen molar-refractivity contribution in [3.05, 3.63) is 41.6 Å². The van der Waals surface area contributed by atoms with Gasteiger partial charge in [-0.1, -0.05) is 18.2 Å². The number of fused-ring (bicyclic) bond motifs is 1. The molecule has 3 rings (SSSR count). The number of benzene rings is 1. The van der Waals surface area contributed by atoms with E-state index in [-0.39, 0.29) is 6.04 Å². The summed E-state index contributed by atoms with van der Waals surface area (Å²) in [6.45, 7) is 2.64. The Morgan fingerprint density at radius 3 is 2.90 bits per heavy atom. The number of aromatic nitrogens is 2. The van der Waals surface area contributed by atoms with Gasteiger partial charge in [0.1, 0.15) is 18.2 Å². The lowest BCUT2D eigenvalue weighted by molar-refractivity contribution is 0.272. The van der Waals surface area contributed by atoms with Gasteiger partial charge in [-0.2, -0.15) is 4.98 Å². The highest BCUT2D eigenvalue weighted by atomic mass is 16.5. The Bertz CT molecular complexity index is 642. The lowest BCUT2D eigenvalue weighted by Gasteiger charge is -2.26. The average molecular weight is 284 g/mol. The Morgan fingerprint density at radius 1 is 1.29 bits per heavy atom. The summed E-state index contributed by atoms with van der Waals surface area (Å²) in [6, 6.07) is 8.34. The maximum atomic E-state index is 5.78. The van der Waals surface area contributed by atoms with Crippen molar-refractivity contribution in [1.82, 2.24) is 9.97 Å². The lowest BCUT2D eigenvalue weighted by Crippen LogP contribution is -2.33. The van der Waals surface area contributed by atoms with E-state index < -0.39 is 0 Å². The molecule has 21 heavy (non-hydrogen) atoms. The van der Waals surface area contributed by atoms with Gasteiger partial charge in [-0.3, -0.25) is 0 Å². The van der Waals surface area contributed by atoms with Crippen LogP contribution in [0.5, 0.6) is 5.75 Å². The number of hydrogen-bond donors (Lipinski definition) is 1. The van der Waals surface area contributed by atoms with E-state index in [0.717, 1.165) is 23.6 Å². The van der Waals surface area contributed by atoms with Crippen molar-refractivity contribution >= 4 is 11.8 Å². The molecule has 0 aliphatic carbocycles. The molecule has 0 saturated carbocycles. The molecular weight excluding hydrogens is 264 g/mol. The third-order valence-corrected chi connectivity index (χ3v) is 3.58. The highest BCUT2D eigenvalue weighted by Gasteiger charge is 2.20. The van der Waals surface area contributed by atoms with E-state index >= 15 is 0 Å². The van der Waals surface area contributed by atoms with Crippen LogP contribution in [-0.4, -0.2) is 36.7 Å². The molecular formula is C16H20N4O. The van der Waals surface area contributed by atoms with E-state index in [1.54, 1.807) is 0 Å². The molecule has 1 N–H and O–H groups in total. The van der Waals surface area contributed by atoms with Gasteiger partial charge >= 0.3 is 0 Å². The lowest BCUT2D eigenvalue weighted by atomic mass is 10.0. The van der Waals surface area contributed by atoms with Crippen molar-refractivity contribution in [2.45, 2.75) is 19.4 Å². The maximum absolute atomic E-state index is 5.78. The Labute approximate surface area is 125 Å². The molecule has 110 valence electrons. The summed E-state index contributed by atoms with van der Waals surface area (Å²) in [5.74, 6) is 2.57. The van der Waals surface area contributed by atoms with Crippen molar-refractivity contribution in [3.8, 4) is 5.75 Å². The monoisotopic (exact) mass is 284 g/mol. The van der Waals surface area contributed by atoms with Crippen LogP contribution in [0, 0.1) is 6.92 Å². The summed E-state index contributed by atoms with van der Waals surface area (Å²) >= 11 is 0. The van der Waals surface area contributed by atoms with E-state index in [2.05, 4.69) is 21.4 Å². The standard InChI is InChI=1S/C16H20N4O/c1-11-9-17-16(19-15(11)20(2)3)18-13-8-12-6-4-5-7-14(12)21-10-13/h4-7,9,13H,8,10H2,1-3H3,(H,17,18,19). The molecule has 2 heterocycles. The molecule has 0 radical (unpaired) electrons. The van der Waals surface area contributed by atoms with Crippen LogP contribution in [0.1, 0.15) is 11.1 Å². The minimum Gasteiger partial charge on any atom is -0.491 e. The second kappa shape index (κ2) is 5.60. The molecule has 1 aromatic carbocycles. The fraction of sp³-hybridized carbons (Fsp3) is 0.375. The number of nitrogens with zero attached hydrogens (tertiary/aromatic N) is 3.